The molecule has 1 fully saturated rings. The molecule has 24 heavy (non-hydrogen) atoms. The number of aliphatic carboxylic acids is 1. The van der Waals surface area contributed by atoms with Crippen LogP contribution < -0.4 is 0 Å². The van der Waals surface area contributed by atoms with Crippen molar-refractivity contribution in [2.75, 3.05) is 13.1 Å². The molecule has 0 unspecified atom stereocenters. The standard InChI is InChI=1S/C13H10ClF3N2O4S/c14-10-2-1-3-11(7(10)4-18)24(22,23)19-5-8(12(20)21)9(6-19)13(15,16)17/h1-3,8-9H,5-6H2,(H,20,21)/t8-,9-/m1/s1. The fourth-order valence-corrected chi connectivity index (χ4v) is 4.44. The van der Waals surface area contributed by atoms with Gasteiger partial charge in [0.15, 0.2) is 0 Å². The van der Waals surface area contributed by atoms with Crippen LogP contribution in [0.1, 0.15) is 5.56 Å². The molecule has 0 saturated carbocycles. The van der Waals surface area contributed by atoms with Gasteiger partial charge in [0, 0.05) is 13.1 Å². The first-order valence-corrected chi connectivity index (χ1v) is 8.30. The summed E-state index contributed by atoms with van der Waals surface area (Å²) in [6.45, 7) is -1.86. The Morgan fingerprint density at radius 2 is 2.00 bits per heavy atom. The zero-order chi connectivity index (χ0) is 18.3. The van der Waals surface area contributed by atoms with Crippen molar-refractivity contribution in [1.82, 2.24) is 4.31 Å². The number of halogens is 4. The maximum Gasteiger partial charge on any atom is 0.393 e. The van der Waals surface area contributed by atoms with Crippen LogP contribution in [-0.4, -0.2) is 43.1 Å². The highest BCUT2D eigenvalue weighted by Gasteiger charge is 2.55. The Morgan fingerprint density at radius 1 is 1.38 bits per heavy atom. The molecule has 0 aromatic heterocycles. The molecule has 130 valence electrons. The van der Waals surface area contributed by atoms with Crippen LogP contribution in [0.15, 0.2) is 23.1 Å². The number of carboxylic acids is 1. The van der Waals surface area contributed by atoms with E-state index in [9.17, 15) is 26.4 Å². The lowest BCUT2D eigenvalue weighted by atomic mass is 9.96. The Balaban J connectivity index is 2.48. The average molecular weight is 383 g/mol. The summed E-state index contributed by atoms with van der Waals surface area (Å²) < 4.78 is 64.5. The van der Waals surface area contributed by atoms with Crippen molar-refractivity contribution in [3.05, 3.63) is 28.8 Å². The molecule has 1 saturated heterocycles. The molecule has 6 nitrogen and oxygen atoms in total. The smallest absolute Gasteiger partial charge is 0.393 e. The zero-order valence-corrected chi connectivity index (χ0v) is 13.4. The molecule has 1 aromatic rings. The van der Waals surface area contributed by atoms with Gasteiger partial charge < -0.3 is 5.11 Å². The minimum absolute atomic E-state index is 0.167. The van der Waals surface area contributed by atoms with Gasteiger partial charge in [0.05, 0.1) is 22.4 Å². The molecular formula is C13H10ClF3N2O4S. The number of hydrogen-bond acceptors (Lipinski definition) is 4. The molecule has 1 aliphatic heterocycles. The topological polar surface area (TPSA) is 98.5 Å². The van der Waals surface area contributed by atoms with Crippen molar-refractivity contribution >= 4 is 27.6 Å². The first-order valence-electron chi connectivity index (χ1n) is 6.48. The molecule has 1 heterocycles. The van der Waals surface area contributed by atoms with Crippen LogP contribution in [0.2, 0.25) is 5.02 Å². The molecule has 0 bridgehead atoms. The number of nitrogens with zero attached hydrogens (tertiary/aromatic N) is 2. The number of nitriles is 1. The zero-order valence-electron chi connectivity index (χ0n) is 11.8. The molecule has 1 N–H and O–H groups in total. The Bertz CT molecular complexity index is 819. The summed E-state index contributed by atoms with van der Waals surface area (Å²) in [4.78, 5) is 10.5. The highest BCUT2D eigenvalue weighted by atomic mass is 35.5. The highest BCUT2D eigenvalue weighted by Crippen LogP contribution is 2.40. The van der Waals surface area contributed by atoms with Gasteiger partial charge in [-0.15, -0.1) is 0 Å². The predicted octanol–water partition coefficient (Wildman–Crippen LogP) is 2.10. The van der Waals surface area contributed by atoms with Gasteiger partial charge in [-0.3, -0.25) is 4.79 Å². The Hall–Kier alpha value is -1.83. The fraction of sp³-hybridized carbons (Fsp3) is 0.385. The number of hydrogen-bond donors (Lipinski definition) is 1. The van der Waals surface area contributed by atoms with Crippen LogP contribution in [0, 0.1) is 23.2 Å². The van der Waals surface area contributed by atoms with Crippen LogP contribution in [0.3, 0.4) is 0 Å². The molecule has 0 aliphatic carbocycles. The molecule has 1 aliphatic rings. The monoisotopic (exact) mass is 382 g/mol. The predicted molar refractivity (Wildman–Crippen MR) is 75.6 cm³/mol. The van der Waals surface area contributed by atoms with Crippen LogP contribution in [0.4, 0.5) is 13.2 Å². The second-order valence-electron chi connectivity index (χ2n) is 5.14. The lowest BCUT2D eigenvalue weighted by Crippen LogP contribution is -2.34. The number of alkyl halides is 3. The minimum Gasteiger partial charge on any atom is -0.481 e. The van der Waals surface area contributed by atoms with E-state index in [1.54, 1.807) is 6.07 Å². The Kier molecular flexibility index (Phi) is 4.81. The summed E-state index contributed by atoms with van der Waals surface area (Å²) >= 11 is 5.74. The summed E-state index contributed by atoms with van der Waals surface area (Å²) in [5.74, 6) is -5.97. The highest BCUT2D eigenvalue weighted by molar-refractivity contribution is 7.89. The van der Waals surface area contributed by atoms with Gasteiger partial charge in [0.1, 0.15) is 11.0 Å². The first-order chi connectivity index (χ1) is 11.0. The van der Waals surface area contributed by atoms with E-state index in [-0.39, 0.29) is 5.02 Å². The molecule has 0 spiro atoms. The summed E-state index contributed by atoms with van der Waals surface area (Å²) in [5.41, 5.74) is -0.401. The molecule has 2 atom stereocenters. The SMILES string of the molecule is N#Cc1c(Cl)cccc1S(=O)(=O)N1C[C@@H](C(F)(F)F)[C@H](C(=O)O)C1. The Morgan fingerprint density at radius 3 is 2.46 bits per heavy atom. The van der Waals surface area contributed by atoms with Gasteiger partial charge in [-0.25, -0.2) is 8.42 Å². The van der Waals surface area contributed by atoms with Gasteiger partial charge >= 0.3 is 12.1 Å². The summed E-state index contributed by atoms with van der Waals surface area (Å²) in [5, 5.41) is 17.8. The van der Waals surface area contributed by atoms with Gasteiger partial charge in [0.25, 0.3) is 0 Å². The molecule has 0 amide bonds. The summed E-state index contributed by atoms with van der Waals surface area (Å²) in [6, 6.07) is 5.13. The lowest BCUT2D eigenvalue weighted by molar-refractivity contribution is -0.187. The molecule has 11 heteroatoms. The van der Waals surface area contributed by atoms with E-state index in [2.05, 4.69) is 0 Å². The molecule has 2 rings (SSSR count). The van der Waals surface area contributed by atoms with E-state index in [1.807, 2.05) is 0 Å². The van der Waals surface area contributed by atoms with Gasteiger partial charge in [-0.05, 0) is 12.1 Å². The van der Waals surface area contributed by atoms with E-state index < -0.39 is 57.6 Å². The van der Waals surface area contributed by atoms with Crippen LogP contribution >= 0.6 is 11.6 Å². The molecular weight excluding hydrogens is 373 g/mol. The number of rotatable bonds is 3. The van der Waals surface area contributed by atoms with Gasteiger partial charge in [-0.2, -0.15) is 22.7 Å². The van der Waals surface area contributed by atoms with Crippen LogP contribution in [0.5, 0.6) is 0 Å². The summed E-state index contributed by atoms with van der Waals surface area (Å²) in [6.07, 6.45) is -4.86. The maximum atomic E-state index is 13.0. The minimum atomic E-state index is -4.86. The van der Waals surface area contributed by atoms with Crippen LogP contribution in [0.25, 0.3) is 0 Å². The van der Waals surface area contributed by atoms with Crippen molar-refractivity contribution in [2.45, 2.75) is 11.1 Å². The van der Waals surface area contributed by atoms with E-state index in [4.69, 9.17) is 22.0 Å². The number of carbonyl (C=O) groups is 1. The molecule has 0 radical (unpaired) electrons. The van der Waals surface area contributed by atoms with Gasteiger partial charge in [0.2, 0.25) is 10.0 Å². The largest absolute Gasteiger partial charge is 0.481 e. The second-order valence-corrected chi connectivity index (χ2v) is 7.45. The van der Waals surface area contributed by atoms with Crippen molar-refractivity contribution in [1.29, 1.82) is 5.26 Å². The normalized spacial score (nSPS) is 22.3. The average Bonchev–Trinajstić information content (AvgIpc) is 2.93. The summed E-state index contributed by atoms with van der Waals surface area (Å²) in [7, 11) is -4.50. The van der Waals surface area contributed by atoms with Crippen molar-refractivity contribution < 1.29 is 31.5 Å². The first kappa shape index (κ1) is 18.5. The van der Waals surface area contributed by atoms with E-state index in [1.165, 1.54) is 12.1 Å². The second kappa shape index (κ2) is 6.23. The lowest BCUT2D eigenvalue weighted by Gasteiger charge is -2.19. The van der Waals surface area contributed by atoms with Crippen molar-refractivity contribution in [3.8, 4) is 6.07 Å². The van der Waals surface area contributed by atoms with E-state index in [0.29, 0.717) is 4.31 Å². The third-order valence-electron chi connectivity index (χ3n) is 3.73. The van der Waals surface area contributed by atoms with E-state index in [0.717, 1.165) is 6.07 Å². The van der Waals surface area contributed by atoms with Gasteiger partial charge in [-0.1, -0.05) is 17.7 Å². The third-order valence-corrected chi connectivity index (χ3v) is 5.92. The quantitative estimate of drug-likeness (QED) is 0.863. The molecule has 1 aromatic carbocycles. The number of benzene rings is 1. The van der Waals surface area contributed by atoms with E-state index >= 15 is 0 Å². The Labute approximate surface area is 140 Å². The number of sulfonamides is 1. The third kappa shape index (κ3) is 3.19. The number of carboxylic acid groups (broad SMARTS) is 1. The maximum absolute atomic E-state index is 13.0. The van der Waals surface area contributed by atoms with Crippen molar-refractivity contribution in [3.63, 3.8) is 0 Å². The van der Waals surface area contributed by atoms with Crippen LogP contribution in [-0.2, 0) is 14.8 Å². The van der Waals surface area contributed by atoms with Crippen molar-refractivity contribution in [2.24, 2.45) is 11.8 Å². The fourth-order valence-electron chi connectivity index (χ4n) is 2.51.